The molecule has 36 heavy (non-hydrogen) atoms. The van der Waals surface area contributed by atoms with E-state index >= 15 is 0 Å². The molecule has 0 saturated carbocycles. The Morgan fingerprint density at radius 2 is 0.972 bits per heavy atom. The number of alkyl halides is 2. The molecule has 0 atom stereocenters. The summed E-state index contributed by atoms with van der Waals surface area (Å²) in [7, 11) is 0. The quantitative estimate of drug-likeness (QED) is 0.272. The molecule has 8 heteroatoms. The van der Waals surface area contributed by atoms with Gasteiger partial charge >= 0.3 is 0 Å². The largest absolute Gasteiger partial charge is 0.307 e. The Hall–Kier alpha value is -0.400. The van der Waals surface area contributed by atoms with Crippen LogP contribution in [0, 0.1) is 0 Å². The topological polar surface area (TPSA) is 64.7 Å². The summed E-state index contributed by atoms with van der Waals surface area (Å²) in [4.78, 5) is 28.0. The summed E-state index contributed by atoms with van der Waals surface area (Å²) in [6, 6.07) is 1.09. The van der Waals surface area contributed by atoms with Crippen LogP contribution >= 0.6 is 23.2 Å². The zero-order chi connectivity index (χ0) is 27.4. The summed E-state index contributed by atoms with van der Waals surface area (Å²) < 4.78 is 0. The summed E-state index contributed by atoms with van der Waals surface area (Å²) in [5.74, 6) is -1.10. The van der Waals surface area contributed by atoms with Gasteiger partial charge in [-0.1, -0.05) is 12.8 Å². The summed E-state index contributed by atoms with van der Waals surface area (Å²) in [5.41, 5.74) is 0.429. The Labute approximate surface area is 230 Å². The van der Waals surface area contributed by atoms with Crippen molar-refractivity contribution in [2.24, 2.45) is 0 Å². The Balaban J connectivity index is 2.05. The number of carbonyl (C=O) groups is 2. The molecule has 0 unspecified atom stereocenters. The van der Waals surface area contributed by atoms with E-state index in [1.807, 2.05) is 0 Å². The highest BCUT2D eigenvalue weighted by Gasteiger charge is 2.45. The predicted octanol–water partition coefficient (Wildman–Crippen LogP) is 5.30. The predicted molar refractivity (Wildman–Crippen MR) is 152 cm³/mol. The molecule has 0 aromatic heterocycles. The maximum Gasteiger partial charge on any atom is 0.244 e. The molecule has 2 aliphatic heterocycles. The molecule has 0 spiro atoms. The minimum absolute atomic E-state index is 0.107. The van der Waals surface area contributed by atoms with E-state index in [4.69, 9.17) is 23.2 Å². The van der Waals surface area contributed by atoms with Crippen molar-refractivity contribution in [1.29, 1.82) is 0 Å². The van der Waals surface area contributed by atoms with E-state index in [0.29, 0.717) is 18.6 Å². The molecule has 0 aromatic carbocycles. The molecule has 2 amide bonds. The molecule has 0 aromatic rings. The zero-order valence-electron chi connectivity index (χ0n) is 24.1. The van der Waals surface area contributed by atoms with E-state index in [0.717, 1.165) is 57.9 Å². The number of hydrogen-bond donors (Lipinski definition) is 2. The van der Waals surface area contributed by atoms with Gasteiger partial charge in [0.25, 0.3) is 0 Å². The molecule has 2 saturated heterocycles. The lowest BCUT2D eigenvalue weighted by Crippen LogP contribution is -2.67. The molecule has 2 aliphatic rings. The fourth-order valence-electron chi connectivity index (χ4n) is 7.12. The maximum atomic E-state index is 12.0. The van der Waals surface area contributed by atoms with Gasteiger partial charge in [0.15, 0.2) is 0 Å². The molecule has 2 rings (SSSR count). The summed E-state index contributed by atoms with van der Waals surface area (Å²) in [6.45, 7) is 20.2. The van der Waals surface area contributed by atoms with E-state index < -0.39 is 0 Å². The summed E-state index contributed by atoms with van der Waals surface area (Å²) in [5, 5.41) is 7.71. The highest BCUT2D eigenvalue weighted by Crippen LogP contribution is 2.38. The van der Waals surface area contributed by atoms with E-state index in [1.165, 1.54) is 4.90 Å². The SMILES string of the molecule is CC1(C)CC(N(CCCCCCN(C(=O)CCl)C(=O)CCl)C2CC(C)(C)NC(C)(C)C2)CC(C)(C)N1. The summed E-state index contributed by atoms with van der Waals surface area (Å²) >= 11 is 11.3. The number of halogens is 2. The average Bonchev–Trinajstić information content (AvgIpc) is 2.70. The van der Waals surface area contributed by atoms with Crippen LogP contribution in [0.5, 0.6) is 0 Å². The first-order valence-corrected chi connectivity index (χ1v) is 14.9. The maximum absolute atomic E-state index is 12.0. The van der Waals surface area contributed by atoms with Crippen LogP contribution in [0.2, 0.25) is 0 Å². The molecule has 0 radical (unpaired) electrons. The van der Waals surface area contributed by atoms with Crippen LogP contribution < -0.4 is 10.6 Å². The molecular weight excluding hydrogens is 495 g/mol. The Kier molecular flexibility index (Phi) is 11.2. The van der Waals surface area contributed by atoms with Crippen LogP contribution in [-0.4, -0.2) is 80.7 Å². The van der Waals surface area contributed by atoms with Crippen LogP contribution in [0.3, 0.4) is 0 Å². The number of nitrogens with one attached hydrogen (secondary N) is 2. The number of hydrogen-bond acceptors (Lipinski definition) is 5. The van der Waals surface area contributed by atoms with E-state index in [-0.39, 0.29) is 45.7 Å². The number of carbonyl (C=O) groups excluding carboxylic acids is 2. The minimum Gasteiger partial charge on any atom is -0.307 e. The smallest absolute Gasteiger partial charge is 0.244 e. The fraction of sp³-hybridized carbons (Fsp3) is 0.929. The first-order valence-electron chi connectivity index (χ1n) is 13.8. The molecule has 2 heterocycles. The van der Waals surface area contributed by atoms with Gasteiger partial charge in [0, 0.05) is 40.8 Å². The van der Waals surface area contributed by atoms with E-state index in [9.17, 15) is 9.59 Å². The monoisotopic (exact) mass is 546 g/mol. The normalized spacial score (nSPS) is 23.5. The van der Waals surface area contributed by atoms with E-state index in [2.05, 4.69) is 70.9 Å². The highest BCUT2D eigenvalue weighted by molar-refractivity contribution is 6.31. The van der Waals surface area contributed by atoms with Crippen molar-refractivity contribution in [3.05, 3.63) is 0 Å². The number of rotatable bonds is 11. The van der Waals surface area contributed by atoms with Crippen LogP contribution in [0.4, 0.5) is 0 Å². The van der Waals surface area contributed by atoms with Crippen molar-refractivity contribution in [2.45, 2.75) is 141 Å². The van der Waals surface area contributed by atoms with E-state index in [1.54, 1.807) is 0 Å². The first-order chi connectivity index (χ1) is 16.5. The van der Waals surface area contributed by atoms with Gasteiger partial charge in [-0.3, -0.25) is 19.4 Å². The van der Waals surface area contributed by atoms with Crippen molar-refractivity contribution in [1.82, 2.24) is 20.4 Å². The van der Waals surface area contributed by atoms with Gasteiger partial charge < -0.3 is 10.6 Å². The fourth-order valence-corrected chi connectivity index (χ4v) is 7.41. The third-order valence-corrected chi connectivity index (χ3v) is 8.11. The first kappa shape index (κ1) is 31.8. The molecular formula is C28H52Cl2N4O2. The van der Waals surface area contributed by atoms with Crippen LogP contribution in [0.15, 0.2) is 0 Å². The summed E-state index contributed by atoms with van der Waals surface area (Å²) in [6.07, 6.45) is 8.55. The lowest BCUT2D eigenvalue weighted by Gasteiger charge is -2.55. The molecule has 2 N–H and O–H groups in total. The van der Waals surface area contributed by atoms with Crippen LogP contribution in [0.25, 0.3) is 0 Å². The molecule has 210 valence electrons. The second kappa shape index (κ2) is 12.6. The van der Waals surface area contributed by atoms with Crippen molar-refractivity contribution >= 4 is 35.0 Å². The average molecular weight is 548 g/mol. The Morgan fingerprint density at radius 3 is 1.31 bits per heavy atom. The van der Waals surface area contributed by atoms with Crippen molar-refractivity contribution in [3.8, 4) is 0 Å². The molecule has 0 bridgehead atoms. The molecule has 2 fully saturated rings. The van der Waals surface area contributed by atoms with Gasteiger partial charge in [-0.25, -0.2) is 0 Å². The Morgan fingerprint density at radius 1 is 0.639 bits per heavy atom. The minimum atomic E-state index is -0.360. The second-order valence-electron chi connectivity index (χ2n) is 13.8. The van der Waals surface area contributed by atoms with Gasteiger partial charge in [-0.05, 0) is 100 Å². The van der Waals surface area contributed by atoms with Gasteiger partial charge in [-0.15, -0.1) is 23.2 Å². The van der Waals surface area contributed by atoms with Crippen molar-refractivity contribution in [2.75, 3.05) is 24.8 Å². The molecule has 6 nitrogen and oxygen atoms in total. The highest BCUT2D eigenvalue weighted by atomic mass is 35.5. The number of unbranched alkanes of at least 4 members (excludes halogenated alkanes) is 3. The van der Waals surface area contributed by atoms with Crippen LogP contribution in [-0.2, 0) is 9.59 Å². The van der Waals surface area contributed by atoms with Gasteiger partial charge in [0.1, 0.15) is 11.8 Å². The van der Waals surface area contributed by atoms with Gasteiger partial charge in [-0.2, -0.15) is 0 Å². The standard InChI is InChI=1S/C28H52Cl2N4O2/c1-25(2)15-21(16-26(3,4)31-25)33(22-17-27(5,6)32-28(7,8)18-22)13-11-9-10-12-14-34(23(35)19-29)24(36)20-30/h21-22,31-32H,9-20H2,1-8H3. The third kappa shape index (κ3) is 9.72. The number of amides is 2. The van der Waals surface area contributed by atoms with Crippen molar-refractivity contribution < 1.29 is 9.59 Å². The third-order valence-electron chi connectivity index (χ3n) is 7.65. The number of imide groups is 1. The van der Waals surface area contributed by atoms with Gasteiger partial charge in [0.2, 0.25) is 11.8 Å². The zero-order valence-corrected chi connectivity index (χ0v) is 25.6. The van der Waals surface area contributed by atoms with Crippen LogP contribution in [0.1, 0.15) is 107 Å². The lowest BCUT2D eigenvalue weighted by molar-refractivity contribution is -0.141. The Bertz CT molecular complexity index is 668. The van der Waals surface area contributed by atoms with Crippen molar-refractivity contribution in [3.63, 3.8) is 0 Å². The number of nitrogens with zero attached hydrogens (tertiary/aromatic N) is 2. The lowest BCUT2D eigenvalue weighted by atomic mass is 9.75. The number of piperidine rings is 2. The van der Waals surface area contributed by atoms with Gasteiger partial charge in [0.05, 0.1) is 0 Å². The molecule has 0 aliphatic carbocycles. The second-order valence-corrected chi connectivity index (χ2v) is 14.3.